The van der Waals surface area contributed by atoms with Gasteiger partial charge in [0.1, 0.15) is 4.88 Å². The van der Waals surface area contributed by atoms with E-state index in [4.69, 9.17) is 5.11 Å². The Balaban J connectivity index is 0.00000133. The number of halogens is 1. The van der Waals surface area contributed by atoms with Crippen molar-refractivity contribution in [1.29, 1.82) is 0 Å². The number of thiazole rings is 1. The standard InChI is InChI=1S/C10H12N4O3S.ClH/c15-8(16)7-4-12-9(18-7)14-5-6-3-11-1-2-13(6)10(14)17;/h4,6,11H,1-3,5H2,(H,15,16);1H. The summed E-state index contributed by atoms with van der Waals surface area (Å²) in [6.45, 7) is 2.84. The van der Waals surface area contributed by atoms with Crippen LogP contribution >= 0.6 is 23.7 Å². The van der Waals surface area contributed by atoms with Gasteiger partial charge in [-0.3, -0.25) is 4.90 Å². The molecule has 1 aromatic heterocycles. The minimum Gasteiger partial charge on any atom is -0.477 e. The summed E-state index contributed by atoms with van der Waals surface area (Å²) in [4.78, 5) is 30.5. The number of nitrogens with zero attached hydrogens (tertiary/aromatic N) is 3. The van der Waals surface area contributed by atoms with E-state index >= 15 is 0 Å². The summed E-state index contributed by atoms with van der Waals surface area (Å²) in [6.07, 6.45) is 1.30. The minimum absolute atomic E-state index is 0. The van der Waals surface area contributed by atoms with Crippen LogP contribution in [0.3, 0.4) is 0 Å². The van der Waals surface area contributed by atoms with Gasteiger partial charge in [0.2, 0.25) is 0 Å². The van der Waals surface area contributed by atoms with E-state index < -0.39 is 5.97 Å². The molecule has 3 heterocycles. The molecule has 0 spiro atoms. The van der Waals surface area contributed by atoms with Crippen molar-refractivity contribution in [3.8, 4) is 0 Å². The first-order valence-electron chi connectivity index (χ1n) is 5.65. The first kappa shape index (κ1) is 14.0. The molecule has 9 heteroatoms. The lowest BCUT2D eigenvalue weighted by Crippen LogP contribution is -2.49. The second-order valence-electron chi connectivity index (χ2n) is 4.26. The molecule has 0 aliphatic carbocycles. The van der Waals surface area contributed by atoms with Gasteiger partial charge in [0.15, 0.2) is 5.13 Å². The number of amides is 2. The predicted molar refractivity (Wildman–Crippen MR) is 72.4 cm³/mol. The minimum atomic E-state index is -1.01. The summed E-state index contributed by atoms with van der Waals surface area (Å²) < 4.78 is 0. The molecule has 3 rings (SSSR count). The third kappa shape index (κ3) is 2.38. The van der Waals surface area contributed by atoms with Crippen LogP contribution in [0.25, 0.3) is 0 Å². The topological polar surface area (TPSA) is 85.8 Å². The number of hydrogen-bond acceptors (Lipinski definition) is 5. The quantitative estimate of drug-likeness (QED) is 0.830. The molecule has 2 N–H and O–H groups in total. The molecule has 2 aliphatic rings. The van der Waals surface area contributed by atoms with E-state index in [-0.39, 0.29) is 29.4 Å². The Kier molecular flexibility index (Phi) is 3.93. The highest BCUT2D eigenvalue weighted by Gasteiger charge is 2.40. The molecule has 2 aliphatic heterocycles. The smallest absolute Gasteiger partial charge is 0.347 e. The monoisotopic (exact) mass is 304 g/mol. The number of carboxylic acid groups (broad SMARTS) is 1. The number of urea groups is 1. The van der Waals surface area contributed by atoms with E-state index in [1.807, 2.05) is 4.90 Å². The van der Waals surface area contributed by atoms with E-state index in [1.54, 1.807) is 4.90 Å². The third-order valence-electron chi connectivity index (χ3n) is 3.16. The highest BCUT2D eigenvalue weighted by molar-refractivity contribution is 7.17. The van der Waals surface area contributed by atoms with Crippen LogP contribution in [-0.2, 0) is 0 Å². The maximum absolute atomic E-state index is 12.2. The van der Waals surface area contributed by atoms with E-state index in [0.717, 1.165) is 24.4 Å². The van der Waals surface area contributed by atoms with Crippen LogP contribution in [-0.4, -0.2) is 59.2 Å². The molecule has 0 saturated carbocycles. The molecule has 2 amide bonds. The van der Waals surface area contributed by atoms with Crippen LogP contribution in [0.1, 0.15) is 9.67 Å². The van der Waals surface area contributed by atoms with Gasteiger partial charge in [0.05, 0.1) is 18.8 Å². The molecule has 0 aromatic carbocycles. The fourth-order valence-corrected chi connectivity index (χ4v) is 3.03. The van der Waals surface area contributed by atoms with Crippen molar-refractivity contribution < 1.29 is 14.7 Å². The van der Waals surface area contributed by atoms with Gasteiger partial charge in [-0.15, -0.1) is 12.4 Å². The average Bonchev–Trinajstić information content (AvgIpc) is 2.95. The lowest BCUT2D eigenvalue weighted by molar-refractivity contribution is 0.0702. The van der Waals surface area contributed by atoms with Gasteiger partial charge in [0, 0.05) is 19.6 Å². The molecular weight excluding hydrogens is 292 g/mol. The summed E-state index contributed by atoms with van der Waals surface area (Å²) in [7, 11) is 0. The first-order chi connectivity index (χ1) is 8.66. The predicted octanol–water partition coefficient (Wildman–Crippen LogP) is 0.477. The highest BCUT2D eigenvalue weighted by Crippen LogP contribution is 2.28. The summed E-state index contributed by atoms with van der Waals surface area (Å²) in [5.74, 6) is -1.01. The molecule has 1 aromatic rings. The zero-order valence-electron chi connectivity index (χ0n) is 9.90. The van der Waals surface area contributed by atoms with E-state index in [2.05, 4.69) is 10.3 Å². The van der Waals surface area contributed by atoms with Crippen LogP contribution in [0, 0.1) is 0 Å². The lowest BCUT2D eigenvalue weighted by Gasteiger charge is -2.28. The Morgan fingerprint density at radius 2 is 2.37 bits per heavy atom. The molecule has 0 bridgehead atoms. The second-order valence-corrected chi connectivity index (χ2v) is 5.27. The largest absolute Gasteiger partial charge is 0.477 e. The number of nitrogens with one attached hydrogen (secondary N) is 1. The first-order valence-corrected chi connectivity index (χ1v) is 6.46. The SMILES string of the molecule is Cl.O=C(O)c1cnc(N2CC3CNCCN3C2=O)s1. The average molecular weight is 305 g/mol. The Morgan fingerprint density at radius 3 is 3.00 bits per heavy atom. The molecule has 2 saturated heterocycles. The Labute approximate surface area is 119 Å². The third-order valence-corrected chi connectivity index (χ3v) is 4.16. The van der Waals surface area contributed by atoms with E-state index in [9.17, 15) is 9.59 Å². The van der Waals surface area contributed by atoms with Gasteiger partial charge >= 0.3 is 12.0 Å². The number of fused-ring (bicyclic) bond motifs is 1. The van der Waals surface area contributed by atoms with Gasteiger partial charge in [-0.2, -0.15) is 0 Å². The van der Waals surface area contributed by atoms with Crippen molar-refractivity contribution in [2.75, 3.05) is 31.1 Å². The number of carbonyl (C=O) groups is 2. The number of carbonyl (C=O) groups excluding carboxylic acids is 1. The van der Waals surface area contributed by atoms with Gasteiger partial charge in [-0.25, -0.2) is 14.6 Å². The number of carboxylic acids is 1. The number of piperazine rings is 1. The molecule has 19 heavy (non-hydrogen) atoms. The van der Waals surface area contributed by atoms with Crippen LogP contribution in [0.5, 0.6) is 0 Å². The number of aromatic nitrogens is 1. The molecule has 7 nitrogen and oxygen atoms in total. The van der Waals surface area contributed by atoms with E-state index in [1.165, 1.54) is 6.20 Å². The maximum Gasteiger partial charge on any atom is 0.347 e. The number of aromatic carboxylic acids is 1. The van der Waals surface area contributed by atoms with E-state index in [0.29, 0.717) is 18.2 Å². The van der Waals surface area contributed by atoms with Crippen molar-refractivity contribution >= 4 is 40.9 Å². The fourth-order valence-electron chi connectivity index (χ4n) is 2.27. The zero-order valence-corrected chi connectivity index (χ0v) is 11.5. The van der Waals surface area contributed by atoms with Crippen molar-refractivity contribution in [2.24, 2.45) is 0 Å². The zero-order chi connectivity index (χ0) is 12.7. The summed E-state index contributed by atoms with van der Waals surface area (Å²) in [6, 6.07) is 0.0798. The maximum atomic E-state index is 12.2. The van der Waals surface area contributed by atoms with Gasteiger partial charge < -0.3 is 15.3 Å². The van der Waals surface area contributed by atoms with Gasteiger partial charge in [-0.05, 0) is 0 Å². The van der Waals surface area contributed by atoms with Crippen LogP contribution in [0.2, 0.25) is 0 Å². The van der Waals surface area contributed by atoms with Crippen LogP contribution in [0.15, 0.2) is 6.20 Å². The molecule has 2 fully saturated rings. The van der Waals surface area contributed by atoms with Crippen LogP contribution in [0.4, 0.5) is 9.93 Å². The molecular formula is C10H13ClN4O3S. The Bertz CT molecular complexity index is 509. The lowest BCUT2D eigenvalue weighted by atomic mass is 10.2. The van der Waals surface area contributed by atoms with Crippen molar-refractivity contribution in [3.05, 3.63) is 11.1 Å². The number of rotatable bonds is 2. The van der Waals surface area contributed by atoms with Crippen molar-refractivity contribution in [2.45, 2.75) is 6.04 Å². The number of hydrogen-bond donors (Lipinski definition) is 2. The van der Waals surface area contributed by atoms with Gasteiger partial charge in [0.25, 0.3) is 0 Å². The summed E-state index contributed by atoms with van der Waals surface area (Å²) in [5.41, 5.74) is 0. The summed E-state index contributed by atoms with van der Waals surface area (Å²) in [5, 5.41) is 12.6. The Morgan fingerprint density at radius 1 is 1.58 bits per heavy atom. The Hall–Kier alpha value is -1.38. The molecule has 104 valence electrons. The van der Waals surface area contributed by atoms with Gasteiger partial charge in [-0.1, -0.05) is 11.3 Å². The normalized spacial score (nSPS) is 22.1. The number of anilines is 1. The highest BCUT2D eigenvalue weighted by atomic mass is 35.5. The molecule has 1 unspecified atom stereocenters. The molecule has 0 radical (unpaired) electrons. The van der Waals surface area contributed by atoms with Crippen molar-refractivity contribution in [1.82, 2.24) is 15.2 Å². The molecule has 1 atom stereocenters. The van der Waals surface area contributed by atoms with Crippen molar-refractivity contribution in [3.63, 3.8) is 0 Å². The summed E-state index contributed by atoms with van der Waals surface area (Å²) >= 11 is 1.03. The fraction of sp³-hybridized carbons (Fsp3) is 0.500. The second kappa shape index (κ2) is 5.32. The van der Waals surface area contributed by atoms with Crippen LogP contribution < -0.4 is 10.2 Å².